The van der Waals surface area contributed by atoms with Crippen molar-refractivity contribution in [2.24, 2.45) is 0 Å². The number of nitrogens with one attached hydrogen (secondary N) is 1. The van der Waals surface area contributed by atoms with Gasteiger partial charge in [0.15, 0.2) is 6.10 Å². The number of amides is 1. The second kappa shape index (κ2) is 8.10. The van der Waals surface area contributed by atoms with Crippen molar-refractivity contribution in [3.05, 3.63) is 45.8 Å². The minimum Gasteiger partial charge on any atom is -0.453 e. The SMILES string of the molecule is Cc1noc(C)c1CCC(=O)O[C@H](C)C(=O)Nc1ccc(Br)cc1. The van der Waals surface area contributed by atoms with Crippen LogP contribution >= 0.6 is 15.9 Å². The molecule has 0 aliphatic carbocycles. The lowest BCUT2D eigenvalue weighted by Gasteiger charge is -2.13. The van der Waals surface area contributed by atoms with Crippen LogP contribution in [0.2, 0.25) is 0 Å². The van der Waals surface area contributed by atoms with E-state index in [1.807, 2.05) is 19.1 Å². The van der Waals surface area contributed by atoms with Crippen molar-refractivity contribution >= 4 is 33.5 Å². The number of hydrogen-bond donors (Lipinski definition) is 1. The van der Waals surface area contributed by atoms with E-state index < -0.39 is 12.1 Å². The molecule has 1 amide bonds. The topological polar surface area (TPSA) is 81.4 Å². The Hall–Kier alpha value is -2.15. The summed E-state index contributed by atoms with van der Waals surface area (Å²) in [6.45, 7) is 5.17. The van der Waals surface area contributed by atoms with E-state index in [9.17, 15) is 9.59 Å². The Morgan fingerprint density at radius 2 is 1.96 bits per heavy atom. The third-order valence-electron chi connectivity index (χ3n) is 3.55. The highest BCUT2D eigenvalue weighted by atomic mass is 79.9. The van der Waals surface area contributed by atoms with Gasteiger partial charge >= 0.3 is 5.97 Å². The number of rotatable bonds is 6. The average molecular weight is 395 g/mol. The summed E-state index contributed by atoms with van der Waals surface area (Å²) >= 11 is 3.32. The molecule has 7 heteroatoms. The van der Waals surface area contributed by atoms with Crippen molar-refractivity contribution in [3.8, 4) is 0 Å². The fourth-order valence-corrected chi connectivity index (χ4v) is 2.44. The Kier molecular flexibility index (Phi) is 6.14. The lowest BCUT2D eigenvalue weighted by atomic mass is 10.1. The molecule has 0 spiro atoms. The van der Waals surface area contributed by atoms with Crippen LogP contribution in [0.3, 0.4) is 0 Å². The molecule has 1 atom stereocenters. The standard InChI is InChI=1S/C17H19BrN2O4/c1-10-15(11(2)24-20-10)8-9-16(21)23-12(3)17(22)19-14-6-4-13(18)5-7-14/h4-7,12H,8-9H2,1-3H3,(H,19,22)/t12-/m1/s1. The maximum Gasteiger partial charge on any atom is 0.306 e. The van der Waals surface area contributed by atoms with Gasteiger partial charge in [-0.1, -0.05) is 21.1 Å². The lowest BCUT2D eigenvalue weighted by Crippen LogP contribution is -2.30. The first-order valence-electron chi connectivity index (χ1n) is 7.54. The van der Waals surface area contributed by atoms with E-state index in [4.69, 9.17) is 9.26 Å². The predicted molar refractivity (Wildman–Crippen MR) is 92.6 cm³/mol. The van der Waals surface area contributed by atoms with Gasteiger partial charge in [-0.15, -0.1) is 0 Å². The van der Waals surface area contributed by atoms with E-state index in [1.165, 1.54) is 0 Å². The maximum atomic E-state index is 12.0. The molecule has 0 radical (unpaired) electrons. The lowest BCUT2D eigenvalue weighted by molar-refractivity contribution is -0.153. The van der Waals surface area contributed by atoms with Gasteiger partial charge in [0, 0.05) is 22.1 Å². The molecule has 0 aliphatic rings. The first-order chi connectivity index (χ1) is 11.4. The van der Waals surface area contributed by atoms with Crippen LogP contribution in [-0.2, 0) is 20.7 Å². The fourth-order valence-electron chi connectivity index (χ4n) is 2.17. The highest BCUT2D eigenvalue weighted by Crippen LogP contribution is 2.16. The summed E-state index contributed by atoms with van der Waals surface area (Å²) in [4.78, 5) is 24.0. The Labute approximate surface area is 148 Å². The zero-order valence-electron chi connectivity index (χ0n) is 13.8. The van der Waals surface area contributed by atoms with Gasteiger partial charge < -0.3 is 14.6 Å². The Bertz CT molecular complexity index is 705. The van der Waals surface area contributed by atoms with Gasteiger partial charge in [-0.25, -0.2) is 0 Å². The first kappa shape index (κ1) is 18.2. The van der Waals surface area contributed by atoms with E-state index in [1.54, 1.807) is 26.0 Å². The number of aromatic nitrogens is 1. The molecule has 2 rings (SSSR count). The molecule has 1 heterocycles. The Balaban J connectivity index is 1.82. The van der Waals surface area contributed by atoms with Crippen LogP contribution in [0.1, 0.15) is 30.4 Å². The summed E-state index contributed by atoms with van der Waals surface area (Å²) in [6, 6.07) is 7.15. The summed E-state index contributed by atoms with van der Waals surface area (Å²) in [5, 5.41) is 6.54. The van der Waals surface area contributed by atoms with Crippen LogP contribution < -0.4 is 5.32 Å². The number of halogens is 1. The molecule has 1 N–H and O–H groups in total. The first-order valence-corrected chi connectivity index (χ1v) is 8.33. The van der Waals surface area contributed by atoms with Gasteiger partial charge in [-0.3, -0.25) is 9.59 Å². The number of esters is 1. The van der Waals surface area contributed by atoms with Gasteiger partial charge in [0.05, 0.1) is 5.69 Å². The number of aryl methyl sites for hydroxylation is 2. The highest BCUT2D eigenvalue weighted by Gasteiger charge is 2.19. The van der Waals surface area contributed by atoms with Crippen LogP contribution in [0.25, 0.3) is 0 Å². The third kappa shape index (κ3) is 4.92. The van der Waals surface area contributed by atoms with E-state index in [2.05, 4.69) is 26.4 Å². The molecule has 6 nitrogen and oxygen atoms in total. The number of nitrogens with zero attached hydrogens (tertiary/aromatic N) is 1. The van der Waals surface area contributed by atoms with Crippen molar-refractivity contribution < 1.29 is 18.8 Å². The second-order valence-electron chi connectivity index (χ2n) is 5.43. The Morgan fingerprint density at radius 1 is 1.29 bits per heavy atom. The summed E-state index contributed by atoms with van der Waals surface area (Å²) in [7, 11) is 0. The zero-order chi connectivity index (χ0) is 17.7. The van der Waals surface area contributed by atoms with Gasteiger partial charge in [0.2, 0.25) is 0 Å². The molecule has 0 saturated heterocycles. The average Bonchev–Trinajstić information content (AvgIpc) is 2.86. The van der Waals surface area contributed by atoms with Crippen LogP contribution in [0, 0.1) is 13.8 Å². The molecular weight excluding hydrogens is 376 g/mol. The van der Waals surface area contributed by atoms with Crippen molar-refractivity contribution in [3.63, 3.8) is 0 Å². The fraction of sp³-hybridized carbons (Fsp3) is 0.353. The molecule has 0 fully saturated rings. The maximum absolute atomic E-state index is 12.0. The van der Waals surface area contributed by atoms with Gasteiger partial charge in [-0.2, -0.15) is 0 Å². The van der Waals surface area contributed by atoms with Crippen LogP contribution in [0.4, 0.5) is 5.69 Å². The zero-order valence-corrected chi connectivity index (χ0v) is 15.3. The molecule has 0 aliphatic heterocycles. The normalized spacial score (nSPS) is 11.8. The number of carbonyl (C=O) groups excluding carboxylic acids is 2. The minimum absolute atomic E-state index is 0.165. The van der Waals surface area contributed by atoms with E-state index >= 15 is 0 Å². The molecule has 0 unspecified atom stereocenters. The highest BCUT2D eigenvalue weighted by molar-refractivity contribution is 9.10. The molecule has 1 aromatic heterocycles. The minimum atomic E-state index is -0.870. The molecule has 0 bridgehead atoms. The van der Waals surface area contributed by atoms with Crippen molar-refractivity contribution in [2.75, 3.05) is 5.32 Å². The van der Waals surface area contributed by atoms with Crippen molar-refractivity contribution in [1.29, 1.82) is 0 Å². The van der Waals surface area contributed by atoms with Gasteiger partial charge in [0.25, 0.3) is 5.91 Å². The van der Waals surface area contributed by atoms with Gasteiger partial charge in [0.1, 0.15) is 5.76 Å². The predicted octanol–water partition coefficient (Wildman–Crippen LogP) is 3.56. The number of anilines is 1. The van der Waals surface area contributed by atoms with Crippen molar-refractivity contribution in [2.45, 2.75) is 39.7 Å². The summed E-state index contributed by atoms with van der Waals surface area (Å²) in [5.74, 6) is -0.113. The second-order valence-corrected chi connectivity index (χ2v) is 6.35. The molecule has 0 saturated carbocycles. The van der Waals surface area contributed by atoms with E-state index in [0.29, 0.717) is 17.9 Å². The molecule has 128 valence electrons. The largest absolute Gasteiger partial charge is 0.453 e. The van der Waals surface area contributed by atoms with Crippen LogP contribution in [-0.4, -0.2) is 23.1 Å². The third-order valence-corrected chi connectivity index (χ3v) is 4.08. The number of ether oxygens (including phenoxy) is 1. The summed E-state index contributed by atoms with van der Waals surface area (Å²) in [6.07, 6.45) is -0.231. The van der Waals surface area contributed by atoms with E-state index in [-0.39, 0.29) is 12.3 Å². The monoisotopic (exact) mass is 394 g/mol. The quantitative estimate of drug-likeness (QED) is 0.757. The van der Waals surface area contributed by atoms with Crippen molar-refractivity contribution in [1.82, 2.24) is 5.16 Å². The number of benzene rings is 1. The van der Waals surface area contributed by atoms with Crippen LogP contribution in [0.15, 0.2) is 33.3 Å². The smallest absolute Gasteiger partial charge is 0.306 e. The van der Waals surface area contributed by atoms with E-state index in [0.717, 1.165) is 15.7 Å². The molecule has 24 heavy (non-hydrogen) atoms. The summed E-state index contributed by atoms with van der Waals surface area (Å²) < 4.78 is 11.1. The van der Waals surface area contributed by atoms with Gasteiger partial charge in [-0.05, 0) is 51.5 Å². The summed E-state index contributed by atoms with van der Waals surface area (Å²) in [5.41, 5.74) is 2.31. The molecule has 2 aromatic rings. The molecule has 1 aromatic carbocycles. The molecular formula is C17H19BrN2O4. The van der Waals surface area contributed by atoms with Crippen LogP contribution in [0.5, 0.6) is 0 Å². The number of carbonyl (C=O) groups is 2. The number of hydrogen-bond acceptors (Lipinski definition) is 5. The Morgan fingerprint density at radius 3 is 2.54 bits per heavy atom.